The van der Waals surface area contributed by atoms with Crippen molar-refractivity contribution in [3.05, 3.63) is 35.4 Å². The number of carbonyl (C=O) groups is 1. The quantitative estimate of drug-likeness (QED) is 0.566. The highest BCUT2D eigenvalue weighted by Crippen LogP contribution is 2.39. The van der Waals surface area contributed by atoms with Crippen LogP contribution >= 0.6 is 0 Å². The molecule has 2 atom stereocenters. The number of aliphatic carboxylic acids is 1. The van der Waals surface area contributed by atoms with Crippen molar-refractivity contribution in [3.63, 3.8) is 0 Å². The molecule has 0 spiro atoms. The molecule has 4 N–H and O–H groups in total. The summed E-state index contributed by atoms with van der Waals surface area (Å²) < 4.78 is 5.08. The molecule has 1 rings (SSSR count). The Balaban J connectivity index is 3.23. The van der Waals surface area contributed by atoms with Crippen LogP contribution in [0.25, 0.3) is 0 Å². The van der Waals surface area contributed by atoms with Crippen molar-refractivity contribution in [1.29, 1.82) is 0 Å². The largest absolute Gasteiger partial charge is 0.507 e. The molecule has 6 nitrogen and oxygen atoms in total. The van der Waals surface area contributed by atoms with E-state index in [0.717, 1.165) is 0 Å². The van der Waals surface area contributed by atoms with Crippen LogP contribution in [0.1, 0.15) is 30.6 Å². The second kappa shape index (κ2) is 7.10. The van der Waals surface area contributed by atoms with Crippen molar-refractivity contribution < 1.29 is 30.0 Å². The van der Waals surface area contributed by atoms with E-state index in [0.29, 0.717) is 11.1 Å². The van der Waals surface area contributed by atoms with Crippen molar-refractivity contribution in [2.45, 2.75) is 32.0 Å². The summed E-state index contributed by atoms with van der Waals surface area (Å²) in [5.74, 6) is -1.06. The Bertz CT molecular complexity index is 537. The number of hydrogen-bond acceptors (Lipinski definition) is 5. The van der Waals surface area contributed by atoms with Gasteiger partial charge in [-0.2, -0.15) is 0 Å². The summed E-state index contributed by atoms with van der Waals surface area (Å²) in [6, 6.07) is 3.04. The maximum atomic E-state index is 10.6. The number of phenols is 1. The summed E-state index contributed by atoms with van der Waals surface area (Å²) >= 11 is 0. The number of carboxylic acid groups (broad SMARTS) is 1. The Morgan fingerprint density at radius 3 is 2.48 bits per heavy atom. The third-order valence-electron chi connectivity index (χ3n) is 3.19. The lowest BCUT2D eigenvalue weighted by Crippen LogP contribution is -2.20. The highest BCUT2D eigenvalue weighted by atomic mass is 16.5. The van der Waals surface area contributed by atoms with Crippen LogP contribution < -0.4 is 4.74 Å². The van der Waals surface area contributed by atoms with E-state index in [4.69, 9.17) is 9.84 Å². The van der Waals surface area contributed by atoms with Gasteiger partial charge >= 0.3 is 5.97 Å². The van der Waals surface area contributed by atoms with Crippen molar-refractivity contribution in [3.8, 4) is 11.5 Å². The van der Waals surface area contributed by atoms with Crippen LogP contribution in [0.5, 0.6) is 11.5 Å². The Morgan fingerprint density at radius 2 is 2.00 bits per heavy atom. The van der Waals surface area contributed by atoms with Crippen molar-refractivity contribution in [2.24, 2.45) is 0 Å². The molecule has 116 valence electrons. The number of aromatic hydroxyl groups is 1. The molecule has 1 aromatic carbocycles. The predicted molar refractivity (Wildman–Crippen MR) is 76.4 cm³/mol. The van der Waals surface area contributed by atoms with Crippen LogP contribution in [0.2, 0.25) is 0 Å². The molecule has 0 bridgehead atoms. The number of aryl methyl sites for hydroxylation is 1. The second-order valence-electron chi connectivity index (χ2n) is 4.82. The average Bonchev–Trinajstić information content (AvgIpc) is 2.43. The summed E-state index contributed by atoms with van der Waals surface area (Å²) in [4.78, 5) is 10.6. The molecule has 6 heteroatoms. The van der Waals surface area contributed by atoms with Gasteiger partial charge in [0.15, 0.2) is 0 Å². The molecule has 0 amide bonds. The zero-order valence-corrected chi connectivity index (χ0v) is 12.0. The minimum Gasteiger partial charge on any atom is -0.507 e. The first-order valence-electron chi connectivity index (χ1n) is 6.41. The van der Waals surface area contributed by atoms with E-state index in [1.54, 1.807) is 6.92 Å². The predicted octanol–water partition coefficient (Wildman–Crippen LogP) is 1.39. The fourth-order valence-electron chi connectivity index (χ4n) is 1.97. The van der Waals surface area contributed by atoms with Crippen LogP contribution in [0.4, 0.5) is 0 Å². The number of carboxylic acids is 1. The molecule has 0 fully saturated rings. The third-order valence-corrected chi connectivity index (χ3v) is 3.19. The van der Waals surface area contributed by atoms with E-state index in [-0.39, 0.29) is 29.9 Å². The van der Waals surface area contributed by atoms with Crippen molar-refractivity contribution in [1.82, 2.24) is 0 Å². The molecule has 0 heterocycles. The number of phenolic OH excluding ortho intramolecular Hbond substituents is 1. The highest BCUT2D eigenvalue weighted by Gasteiger charge is 2.27. The average molecular weight is 296 g/mol. The van der Waals surface area contributed by atoms with Gasteiger partial charge in [0.1, 0.15) is 23.7 Å². The summed E-state index contributed by atoms with van der Waals surface area (Å²) in [6.07, 6.45) is -2.73. The topological polar surface area (TPSA) is 107 Å². The monoisotopic (exact) mass is 296 g/mol. The molecule has 21 heavy (non-hydrogen) atoms. The van der Waals surface area contributed by atoms with Crippen LogP contribution in [-0.4, -0.2) is 39.6 Å². The Labute approximate surface area is 122 Å². The number of ether oxygens (including phenoxy) is 1. The molecule has 0 aliphatic heterocycles. The molecule has 0 aliphatic rings. The lowest BCUT2D eigenvalue weighted by Gasteiger charge is -2.22. The van der Waals surface area contributed by atoms with E-state index in [2.05, 4.69) is 6.58 Å². The first-order valence-corrected chi connectivity index (χ1v) is 6.41. The van der Waals surface area contributed by atoms with Crippen LogP contribution in [0.3, 0.4) is 0 Å². The van der Waals surface area contributed by atoms with E-state index in [1.165, 1.54) is 19.2 Å². The number of methoxy groups -OCH3 is 1. The lowest BCUT2D eigenvalue weighted by atomic mass is 9.95. The van der Waals surface area contributed by atoms with Crippen LogP contribution in [0.15, 0.2) is 24.3 Å². The van der Waals surface area contributed by atoms with Gasteiger partial charge in [-0.15, -0.1) is 0 Å². The Kier molecular flexibility index (Phi) is 5.75. The fraction of sp³-hybridized carbons (Fsp3) is 0.400. The highest BCUT2D eigenvalue weighted by molar-refractivity contribution is 5.67. The fourth-order valence-corrected chi connectivity index (χ4v) is 1.97. The summed E-state index contributed by atoms with van der Waals surface area (Å²) in [6.45, 7) is 5.11. The lowest BCUT2D eigenvalue weighted by molar-refractivity contribution is -0.136. The second-order valence-corrected chi connectivity index (χ2v) is 4.82. The molecule has 0 aromatic heterocycles. The number of aliphatic hydroxyl groups excluding tert-OH is 2. The van der Waals surface area contributed by atoms with E-state index >= 15 is 0 Å². The molecule has 1 aromatic rings. The normalized spacial score (nSPS) is 13.5. The number of benzene rings is 1. The smallest absolute Gasteiger partial charge is 0.303 e. The van der Waals surface area contributed by atoms with Gasteiger partial charge in [-0.3, -0.25) is 4.79 Å². The van der Waals surface area contributed by atoms with Gasteiger partial charge in [0.05, 0.1) is 12.7 Å². The minimum absolute atomic E-state index is 0.0240. The van der Waals surface area contributed by atoms with Crippen LogP contribution in [-0.2, 0) is 11.2 Å². The summed E-state index contributed by atoms with van der Waals surface area (Å²) in [7, 11) is 1.37. The van der Waals surface area contributed by atoms with E-state index in [9.17, 15) is 20.1 Å². The van der Waals surface area contributed by atoms with Crippen molar-refractivity contribution >= 4 is 5.97 Å². The maximum Gasteiger partial charge on any atom is 0.303 e. The summed E-state index contributed by atoms with van der Waals surface area (Å²) in [5, 5.41) is 39.0. The molecule has 0 aliphatic carbocycles. The van der Waals surface area contributed by atoms with E-state index in [1.807, 2.05) is 0 Å². The standard InChI is InChI=1S/C15H20O6/c1-8(2)13(18)15(20)12-10(21-3)6-4-9(14(12)19)5-7-11(16)17/h4,6,13,15,18-20H,1,5,7H2,2-3H3,(H,16,17)/t13-,15-/m1/s1. The number of aliphatic hydroxyl groups is 2. The zero-order valence-electron chi connectivity index (χ0n) is 12.0. The first-order chi connectivity index (χ1) is 9.79. The van der Waals surface area contributed by atoms with Gasteiger partial charge < -0.3 is 25.2 Å². The minimum atomic E-state index is -1.41. The van der Waals surface area contributed by atoms with Gasteiger partial charge in [0, 0.05) is 6.42 Å². The summed E-state index contributed by atoms with van der Waals surface area (Å²) in [5.41, 5.74) is 0.719. The maximum absolute atomic E-state index is 10.6. The molecule has 0 unspecified atom stereocenters. The van der Waals surface area contributed by atoms with Gasteiger partial charge in [-0.05, 0) is 30.5 Å². The molecular formula is C15H20O6. The van der Waals surface area contributed by atoms with E-state index < -0.39 is 18.2 Å². The van der Waals surface area contributed by atoms with Gasteiger partial charge in [-0.25, -0.2) is 0 Å². The molecule has 0 saturated heterocycles. The number of rotatable bonds is 7. The zero-order chi connectivity index (χ0) is 16.2. The molecular weight excluding hydrogens is 276 g/mol. The molecule has 0 saturated carbocycles. The van der Waals surface area contributed by atoms with Gasteiger partial charge in [0.25, 0.3) is 0 Å². The molecule has 0 radical (unpaired) electrons. The SMILES string of the molecule is C=C(C)[C@@H](O)[C@H](O)c1c(OC)ccc(CCC(=O)O)c1O. The Morgan fingerprint density at radius 1 is 1.38 bits per heavy atom. The van der Waals surface area contributed by atoms with Crippen LogP contribution in [0, 0.1) is 0 Å². The third kappa shape index (κ3) is 3.96. The number of hydrogen-bond donors (Lipinski definition) is 4. The van der Waals surface area contributed by atoms with Gasteiger partial charge in [-0.1, -0.05) is 12.6 Å². The van der Waals surface area contributed by atoms with Crippen molar-refractivity contribution in [2.75, 3.05) is 7.11 Å². The first kappa shape index (κ1) is 17.0. The van der Waals surface area contributed by atoms with Gasteiger partial charge in [0.2, 0.25) is 0 Å². The Hall–Kier alpha value is -2.05.